The molecule has 0 aliphatic heterocycles. The molecule has 0 atom stereocenters. The predicted octanol–water partition coefficient (Wildman–Crippen LogP) is 1.37. The summed E-state index contributed by atoms with van der Waals surface area (Å²) in [4.78, 5) is 0.967. The Kier molecular flexibility index (Phi) is 4.92. The van der Waals surface area contributed by atoms with Crippen molar-refractivity contribution in [1.82, 2.24) is 20.2 Å². The Bertz CT molecular complexity index is 647. The molecule has 0 fully saturated rings. The highest BCUT2D eigenvalue weighted by molar-refractivity contribution is 7.89. The van der Waals surface area contributed by atoms with Crippen LogP contribution in [0.25, 0.3) is 0 Å². The number of thiophene rings is 1. The summed E-state index contributed by atoms with van der Waals surface area (Å²) in [5, 5.41) is 11.8. The largest absolute Gasteiger partial charge is 0.313 e. The molecule has 0 spiro atoms. The summed E-state index contributed by atoms with van der Waals surface area (Å²) in [6, 6.07) is 3.78. The average Bonchev–Trinajstić information content (AvgIpc) is 3.04. The van der Waals surface area contributed by atoms with Crippen molar-refractivity contribution >= 4 is 21.4 Å². The van der Waals surface area contributed by atoms with Gasteiger partial charge < -0.3 is 5.32 Å². The van der Waals surface area contributed by atoms with Crippen LogP contribution < -0.4 is 10.0 Å². The topological polar surface area (TPSA) is 86.9 Å². The highest BCUT2D eigenvalue weighted by Gasteiger charge is 2.23. The maximum Gasteiger partial charge on any atom is 0.260 e. The Labute approximate surface area is 122 Å². The number of rotatable bonds is 7. The molecule has 0 bridgehead atoms. The van der Waals surface area contributed by atoms with Gasteiger partial charge in [-0.2, -0.15) is 5.10 Å². The first-order valence-corrected chi connectivity index (χ1v) is 8.67. The van der Waals surface area contributed by atoms with Gasteiger partial charge in [0, 0.05) is 29.2 Å². The van der Waals surface area contributed by atoms with Crippen molar-refractivity contribution in [3.8, 4) is 0 Å². The minimum atomic E-state index is -3.60. The van der Waals surface area contributed by atoms with Crippen LogP contribution in [0.1, 0.15) is 23.1 Å². The molecule has 0 radical (unpaired) electrons. The van der Waals surface area contributed by atoms with Gasteiger partial charge >= 0.3 is 0 Å². The fraction of sp³-hybridized carbons (Fsp3) is 0.417. The number of sulfonamides is 1. The summed E-state index contributed by atoms with van der Waals surface area (Å²) in [6.45, 7) is 5.32. The number of hydrogen-bond acceptors (Lipinski definition) is 5. The number of aromatic amines is 1. The molecule has 0 amide bonds. The molecule has 2 heterocycles. The average molecular weight is 314 g/mol. The van der Waals surface area contributed by atoms with Gasteiger partial charge in [0.05, 0.1) is 0 Å². The van der Waals surface area contributed by atoms with Gasteiger partial charge in [0.15, 0.2) is 5.03 Å². The molecule has 0 saturated carbocycles. The molecule has 110 valence electrons. The zero-order valence-corrected chi connectivity index (χ0v) is 13.1. The highest BCUT2D eigenvalue weighted by atomic mass is 32.2. The zero-order chi connectivity index (χ0) is 14.6. The van der Waals surface area contributed by atoms with E-state index in [4.69, 9.17) is 0 Å². The normalized spacial score (nSPS) is 11.9. The van der Waals surface area contributed by atoms with E-state index in [1.807, 2.05) is 31.4 Å². The van der Waals surface area contributed by atoms with E-state index in [0.717, 1.165) is 17.1 Å². The first-order chi connectivity index (χ1) is 9.54. The van der Waals surface area contributed by atoms with Gasteiger partial charge in [-0.3, -0.25) is 5.10 Å². The van der Waals surface area contributed by atoms with Crippen molar-refractivity contribution in [1.29, 1.82) is 0 Å². The number of aryl methyl sites for hydroxylation is 1. The fourth-order valence-electron chi connectivity index (χ4n) is 1.76. The summed E-state index contributed by atoms with van der Waals surface area (Å²) < 4.78 is 27.2. The molecule has 2 rings (SSSR count). The summed E-state index contributed by atoms with van der Waals surface area (Å²) >= 11 is 1.51. The molecule has 0 aliphatic carbocycles. The summed E-state index contributed by atoms with van der Waals surface area (Å²) in [5.41, 5.74) is 1.45. The Hall–Kier alpha value is -1.22. The van der Waals surface area contributed by atoms with Crippen LogP contribution in [0, 0.1) is 6.92 Å². The standard InChI is InChI=1S/C12H18N4O2S2/c1-3-13-8-11-9(2)15-16-12(11)20(17,18)14-7-10-5-4-6-19-10/h4-6,13-14H,3,7-8H2,1-2H3,(H,15,16). The van der Waals surface area contributed by atoms with E-state index in [-0.39, 0.29) is 11.6 Å². The van der Waals surface area contributed by atoms with Crippen LogP contribution in [-0.4, -0.2) is 25.2 Å². The number of nitrogens with one attached hydrogen (secondary N) is 3. The zero-order valence-electron chi connectivity index (χ0n) is 11.4. The van der Waals surface area contributed by atoms with Gasteiger partial charge in [-0.1, -0.05) is 13.0 Å². The molecule has 0 unspecified atom stereocenters. The molecular formula is C12H18N4O2S2. The molecular weight excluding hydrogens is 296 g/mol. The summed E-state index contributed by atoms with van der Waals surface area (Å²) in [5.74, 6) is 0. The summed E-state index contributed by atoms with van der Waals surface area (Å²) in [6.07, 6.45) is 0. The van der Waals surface area contributed by atoms with Gasteiger partial charge in [0.2, 0.25) is 0 Å². The van der Waals surface area contributed by atoms with E-state index in [2.05, 4.69) is 20.2 Å². The van der Waals surface area contributed by atoms with Crippen LogP contribution in [0.5, 0.6) is 0 Å². The lowest BCUT2D eigenvalue weighted by Crippen LogP contribution is -2.25. The Morgan fingerprint density at radius 2 is 2.20 bits per heavy atom. The number of H-pyrrole nitrogens is 1. The van der Waals surface area contributed by atoms with Crippen LogP contribution >= 0.6 is 11.3 Å². The van der Waals surface area contributed by atoms with E-state index in [0.29, 0.717) is 12.1 Å². The monoisotopic (exact) mass is 314 g/mol. The quantitative estimate of drug-likeness (QED) is 0.720. The van der Waals surface area contributed by atoms with Gasteiger partial charge in [0.25, 0.3) is 10.0 Å². The molecule has 3 N–H and O–H groups in total. The van der Waals surface area contributed by atoms with E-state index in [1.54, 1.807) is 0 Å². The molecule has 0 saturated heterocycles. The first kappa shape index (κ1) is 15.2. The van der Waals surface area contributed by atoms with Crippen LogP contribution in [0.4, 0.5) is 0 Å². The SMILES string of the molecule is CCNCc1c(S(=O)(=O)NCc2cccs2)n[nH]c1C. The lowest BCUT2D eigenvalue weighted by Gasteiger charge is -2.06. The van der Waals surface area contributed by atoms with E-state index < -0.39 is 10.0 Å². The van der Waals surface area contributed by atoms with Gasteiger partial charge in [0.1, 0.15) is 0 Å². The number of aromatic nitrogens is 2. The van der Waals surface area contributed by atoms with Crippen molar-refractivity contribution in [2.45, 2.75) is 32.0 Å². The van der Waals surface area contributed by atoms with Crippen LogP contribution in [-0.2, 0) is 23.1 Å². The van der Waals surface area contributed by atoms with Crippen molar-refractivity contribution in [2.24, 2.45) is 0 Å². The molecule has 8 heteroatoms. The second-order valence-electron chi connectivity index (χ2n) is 4.32. The van der Waals surface area contributed by atoms with Crippen molar-refractivity contribution in [2.75, 3.05) is 6.54 Å². The fourth-order valence-corrected chi connectivity index (χ4v) is 3.69. The number of nitrogens with zero attached hydrogens (tertiary/aromatic N) is 1. The van der Waals surface area contributed by atoms with E-state index in [1.165, 1.54) is 11.3 Å². The molecule has 0 aromatic carbocycles. The Balaban J connectivity index is 2.16. The first-order valence-electron chi connectivity index (χ1n) is 6.31. The minimum Gasteiger partial charge on any atom is -0.313 e. The molecule has 2 aromatic rings. The third kappa shape index (κ3) is 3.45. The smallest absolute Gasteiger partial charge is 0.260 e. The Morgan fingerprint density at radius 1 is 1.40 bits per heavy atom. The van der Waals surface area contributed by atoms with Crippen LogP contribution in [0.2, 0.25) is 0 Å². The van der Waals surface area contributed by atoms with Crippen molar-refractivity contribution in [3.63, 3.8) is 0 Å². The van der Waals surface area contributed by atoms with E-state index in [9.17, 15) is 8.42 Å². The molecule has 20 heavy (non-hydrogen) atoms. The third-order valence-electron chi connectivity index (χ3n) is 2.86. The second-order valence-corrected chi connectivity index (χ2v) is 7.03. The third-order valence-corrected chi connectivity index (χ3v) is 5.11. The minimum absolute atomic E-state index is 0.0764. The Morgan fingerprint density at radius 3 is 2.85 bits per heavy atom. The van der Waals surface area contributed by atoms with Crippen molar-refractivity contribution in [3.05, 3.63) is 33.6 Å². The van der Waals surface area contributed by atoms with Crippen LogP contribution in [0.3, 0.4) is 0 Å². The highest BCUT2D eigenvalue weighted by Crippen LogP contribution is 2.17. The van der Waals surface area contributed by atoms with Gasteiger partial charge in [-0.05, 0) is 24.9 Å². The van der Waals surface area contributed by atoms with Gasteiger partial charge in [-0.15, -0.1) is 11.3 Å². The lowest BCUT2D eigenvalue weighted by molar-refractivity contribution is 0.574. The van der Waals surface area contributed by atoms with Gasteiger partial charge in [-0.25, -0.2) is 13.1 Å². The predicted molar refractivity (Wildman–Crippen MR) is 79.0 cm³/mol. The molecule has 2 aromatic heterocycles. The van der Waals surface area contributed by atoms with E-state index >= 15 is 0 Å². The lowest BCUT2D eigenvalue weighted by atomic mass is 10.2. The van der Waals surface area contributed by atoms with Crippen molar-refractivity contribution < 1.29 is 8.42 Å². The van der Waals surface area contributed by atoms with Crippen LogP contribution in [0.15, 0.2) is 22.5 Å². The molecule has 0 aliphatic rings. The summed E-state index contributed by atoms with van der Waals surface area (Å²) in [7, 11) is -3.60. The maximum absolute atomic E-state index is 12.3. The maximum atomic E-state index is 12.3. The second kappa shape index (κ2) is 6.49. The number of hydrogen-bond donors (Lipinski definition) is 3. The molecule has 6 nitrogen and oxygen atoms in total.